The van der Waals surface area contributed by atoms with E-state index in [9.17, 15) is 9.90 Å². The second-order valence-corrected chi connectivity index (χ2v) is 5.25. The minimum Gasteiger partial charge on any atom is -0.478 e. The zero-order valence-electron chi connectivity index (χ0n) is 12.5. The number of hydrogen-bond donors (Lipinski definition) is 2. The lowest BCUT2D eigenvalue weighted by molar-refractivity contribution is 0.0697. The Morgan fingerprint density at radius 3 is 2.90 bits per heavy atom. The number of ether oxygens (including phenoxy) is 1. The third kappa shape index (κ3) is 3.49. The van der Waals surface area contributed by atoms with Crippen molar-refractivity contribution in [2.75, 3.05) is 25.1 Å². The number of hydrogen-bond acceptors (Lipinski definition) is 5. The number of aryl methyl sites for hydroxylation is 1. The highest BCUT2D eigenvalue weighted by atomic mass is 16.5. The number of carboxylic acids is 1. The number of aromatic carboxylic acids is 1. The van der Waals surface area contributed by atoms with Crippen LogP contribution in [0.25, 0.3) is 11.0 Å². The molecule has 0 saturated carbocycles. The van der Waals surface area contributed by atoms with Crippen LogP contribution in [0.1, 0.15) is 24.2 Å². The van der Waals surface area contributed by atoms with Crippen molar-refractivity contribution in [3.63, 3.8) is 0 Å². The highest BCUT2D eigenvalue weighted by Gasteiger charge is 2.16. The number of nitrogens with one attached hydrogen (secondary N) is 1. The number of rotatable bonds is 7. The predicted molar refractivity (Wildman–Crippen MR) is 79.6 cm³/mol. The quantitative estimate of drug-likeness (QED) is 0.756. The third-order valence-corrected chi connectivity index (χ3v) is 2.99. The molecule has 0 spiro atoms. The van der Waals surface area contributed by atoms with E-state index in [0.29, 0.717) is 42.4 Å². The molecule has 0 atom stereocenters. The second kappa shape index (κ2) is 6.53. The van der Waals surface area contributed by atoms with Crippen molar-refractivity contribution in [3.05, 3.63) is 18.0 Å². The summed E-state index contributed by atoms with van der Waals surface area (Å²) in [5.74, 6) is -0.538. The fourth-order valence-corrected chi connectivity index (χ4v) is 2.02. The van der Waals surface area contributed by atoms with E-state index in [0.717, 1.165) is 0 Å². The lowest BCUT2D eigenvalue weighted by atomic mass is 10.2. The number of carbonyl (C=O) groups is 1. The smallest absolute Gasteiger partial charge is 0.339 e. The first-order chi connectivity index (χ1) is 10.0. The van der Waals surface area contributed by atoms with E-state index in [1.807, 2.05) is 0 Å². The topological polar surface area (TPSA) is 89.3 Å². The molecule has 2 rings (SSSR count). The molecule has 7 heteroatoms. The van der Waals surface area contributed by atoms with E-state index >= 15 is 0 Å². The van der Waals surface area contributed by atoms with Gasteiger partial charge in [-0.15, -0.1) is 0 Å². The van der Waals surface area contributed by atoms with Crippen LogP contribution < -0.4 is 5.32 Å². The molecule has 2 heterocycles. The van der Waals surface area contributed by atoms with Gasteiger partial charge in [0.1, 0.15) is 5.56 Å². The molecule has 0 unspecified atom stereocenters. The summed E-state index contributed by atoms with van der Waals surface area (Å²) in [5, 5.41) is 17.2. The number of anilines is 1. The zero-order chi connectivity index (χ0) is 15.4. The monoisotopic (exact) mass is 292 g/mol. The fraction of sp³-hybridized carbons (Fsp3) is 0.500. The van der Waals surface area contributed by atoms with Crippen LogP contribution in [0.15, 0.2) is 12.4 Å². The minimum absolute atomic E-state index is 0.138. The van der Waals surface area contributed by atoms with Crippen molar-refractivity contribution in [2.24, 2.45) is 13.0 Å². The van der Waals surface area contributed by atoms with E-state index in [1.54, 1.807) is 17.9 Å². The summed E-state index contributed by atoms with van der Waals surface area (Å²) in [6.45, 7) is 5.89. The van der Waals surface area contributed by atoms with Gasteiger partial charge < -0.3 is 15.2 Å². The largest absolute Gasteiger partial charge is 0.478 e. The van der Waals surface area contributed by atoms with E-state index in [1.165, 1.54) is 6.20 Å². The molecule has 2 N–H and O–H groups in total. The minimum atomic E-state index is -1.01. The number of carboxylic acid groups (broad SMARTS) is 1. The van der Waals surface area contributed by atoms with E-state index in [-0.39, 0.29) is 5.56 Å². The van der Waals surface area contributed by atoms with Gasteiger partial charge in [-0.1, -0.05) is 13.8 Å². The second-order valence-electron chi connectivity index (χ2n) is 5.25. The van der Waals surface area contributed by atoms with Crippen molar-refractivity contribution in [1.29, 1.82) is 0 Å². The van der Waals surface area contributed by atoms with Crippen molar-refractivity contribution < 1.29 is 14.6 Å². The molecular formula is C14H20N4O3. The van der Waals surface area contributed by atoms with Crippen LogP contribution in [0, 0.1) is 5.92 Å². The third-order valence-electron chi connectivity index (χ3n) is 2.99. The number of nitrogens with zero attached hydrogens (tertiary/aromatic N) is 3. The SMILES string of the molecule is CC(C)COCCNc1c(C(=O)O)cnc2c1cnn2C. The van der Waals surface area contributed by atoms with Gasteiger partial charge in [-0.05, 0) is 5.92 Å². The molecule has 0 fully saturated rings. The van der Waals surface area contributed by atoms with Crippen molar-refractivity contribution in [1.82, 2.24) is 14.8 Å². The lowest BCUT2D eigenvalue weighted by Crippen LogP contribution is -2.14. The summed E-state index contributed by atoms with van der Waals surface area (Å²) in [6.07, 6.45) is 2.97. The lowest BCUT2D eigenvalue weighted by Gasteiger charge is -2.11. The highest BCUT2D eigenvalue weighted by Crippen LogP contribution is 2.25. The maximum atomic E-state index is 11.3. The van der Waals surface area contributed by atoms with Crippen LogP contribution in [0.2, 0.25) is 0 Å². The number of fused-ring (bicyclic) bond motifs is 1. The molecule has 0 aliphatic carbocycles. The summed E-state index contributed by atoms with van der Waals surface area (Å²) >= 11 is 0. The molecule has 0 radical (unpaired) electrons. The molecule has 0 saturated heterocycles. The summed E-state index contributed by atoms with van der Waals surface area (Å²) in [6, 6.07) is 0. The van der Waals surface area contributed by atoms with Crippen molar-refractivity contribution >= 4 is 22.7 Å². The summed E-state index contributed by atoms with van der Waals surface area (Å²) < 4.78 is 7.10. The predicted octanol–water partition coefficient (Wildman–Crippen LogP) is 1.75. The van der Waals surface area contributed by atoms with Gasteiger partial charge in [-0.25, -0.2) is 9.78 Å². The first-order valence-electron chi connectivity index (χ1n) is 6.86. The Labute approximate surface area is 122 Å². The molecule has 2 aromatic rings. The average molecular weight is 292 g/mol. The first-order valence-corrected chi connectivity index (χ1v) is 6.86. The van der Waals surface area contributed by atoms with Gasteiger partial charge in [-0.3, -0.25) is 4.68 Å². The zero-order valence-corrected chi connectivity index (χ0v) is 12.5. The van der Waals surface area contributed by atoms with Crippen LogP contribution in [-0.4, -0.2) is 45.6 Å². The van der Waals surface area contributed by atoms with E-state index in [2.05, 4.69) is 29.2 Å². The van der Waals surface area contributed by atoms with Crippen LogP contribution >= 0.6 is 0 Å². The van der Waals surface area contributed by atoms with Crippen LogP contribution in [-0.2, 0) is 11.8 Å². The molecule has 21 heavy (non-hydrogen) atoms. The van der Waals surface area contributed by atoms with Crippen LogP contribution in [0.4, 0.5) is 5.69 Å². The number of pyridine rings is 1. The number of aromatic nitrogens is 3. The Balaban J connectivity index is 2.16. The molecular weight excluding hydrogens is 272 g/mol. The Kier molecular flexibility index (Phi) is 4.74. The standard InChI is InChI=1S/C14H20N4O3/c1-9(2)8-21-5-4-15-12-10-7-17-18(3)13(10)16-6-11(12)14(19)20/h6-7,9H,4-5,8H2,1-3H3,(H,15,16)(H,19,20). The maximum absolute atomic E-state index is 11.3. The van der Waals surface area contributed by atoms with Crippen molar-refractivity contribution in [2.45, 2.75) is 13.8 Å². The highest BCUT2D eigenvalue weighted by molar-refractivity contribution is 6.03. The van der Waals surface area contributed by atoms with Crippen molar-refractivity contribution in [3.8, 4) is 0 Å². The Morgan fingerprint density at radius 2 is 2.24 bits per heavy atom. The maximum Gasteiger partial charge on any atom is 0.339 e. The summed E-state index contributed by atoms with van der Waals surface area (Å²) in [4.78, 5) is 15.5. The Bertz CT molecular complexity index is 636. The Hall–Kier alpha value is -2.15. The molecule has 0 aliphatic rings. The van der Waals surface area contributed by atoms with Gasteiger partial charge in [-0.2, -0.15) is 5.10 Å². The van der Waals surface area contributed by atoms with Crippen LogP contribution in [0.3, 0.4) is 0 Å². The fourth-order valence-electron chi connectivity index (χ4n) is 2.02. The van der Waals surface area contributed by atoms with Crippen LogP contribution in [0.5, 0.6) is 0 Å². The Morgan fingerprint density at radius 1 is 1.48 bits per heavy atom. The molecule has 0 bridgehead atoms. The molecule has 0 aromatic carbocycles. The van der Waals surface area contributed by atoms with Gasteiger partial charge in [0.2, 0.25) is 0 Å². The van der Waals surface area contributed by atoms with Gasteiger partial charge in [0.25, 0.3) is 0 Å². The molecule has 0 amide bonds. The molecule has 2 aromatic heterocycles. The molecule has 0 aliphatic heterocycles. The van der Waals surface area contributed by atoms with Gasteiger partial charge in [0.15, 0.2) is 5.65 Å². The van der Waals surface area contributed by atoms with Gasteiger partial charge in [0, 0.05) is 26.4 Å². The normalized spacial score (nSPS) is 11.2. The van der Waals surface area contributed by atoms with E-state index < -0.39 is 5.97 Å². The summed E-state index contributed by atoms with van der Waals surface area (Å²) in [7, 11) is 1.77. The summed E-state index contributed by atoms with van der Waals surface area (Å²) in [5.41, 5.74) is 1.32. The first kappa shape index (κ1) is 15.2. The average Bonchev–Trinajstić information content (AvgIpc) is 2.80. The van der Waals surface area contributed by atoms with E-state index in [4.69, 9.17) is 4.74 Å². The molecule has 114 valence electrons. The van der Waals surface area contributed by atoms with Gasteiger partial charge >= 0.3 is 5.97 Å². The van der Waals surface area contributed by atoms with Gasteiger partial charge in [0.05, 0.1) is 23.9 Å². The molecule has 7 nitrogen and oxygen atoms in total.